The van der Waals surface area contributed by atoms with Crippen LogP contribution in [0.4, 0.5) is 0 Å². The number of aliphatic hydroxyl groups excluding tert-OH is 1. The van der Waals surface area contributed by atoms with E-state index in [0.29, 0.717) is 11.8 Å². The fourth-order valence-electron chi connectivity index (χ4n) is 2.15. The first-order valence-electron chi connectivity index (χ1n) is 5.81. The van der Waals surface area contributed by atoms with E-state index in [0.717, 1.165) is 6.42 Å². The fraction of sp³-hybridized carbons (Fsp3) is 1.00. The van der Waals surface area contributed by atoms with E-state index < -0.39 is 0 Å². The van der Waals surface area contributed by atoms with Gasteiger partial charge in [0.1, 0.15) is 0 Å². The lowest BCUT2D eigenvalue weighted by molar-refractivity contribution is 0.0861. The Hall–Kier alpha value is -0.0400. The van der Waals surface area contributed by atoms with Crippen LogP contribution in [0.1, 0.15) is 59.8 Å². The Kier molecular flexibility index (Phi) is 7.35. The van der Waals surface area contributed by atoms with E-state index >= 15 is 0 Å². The lowest BCUT2D eigenvalue weighted by Crippen LogP contribution is -2.23. The van der Waals surface area contributed by atoms with Crippen LogP contribution >= 0.6 is 0 Å². The van der Waals surface area contributed by atoms with Gasteiger partial charge in [-0.3, -0.25) is 0 Å². The second-order valence-electron chi connectivity index (χ2n) is 4.29. The van der Waals surface area contributed by atoms with Crippen molar-refractivity contribution in [2.45, 2.75) is 65.9 Å². The van der Waals surface area contributed by atoms with Crippen molar-refractivity contribution >= 4 is 0 Å². The summed E-state index contributed by atoms with van der Waals surface area (Å²) in [5.74, 6) is 1.17. The SMILES string of the molecule is CCCCCC(C)C(CC)C(C)O. The summed E-state index contributed by atoms with van der Waals surface area (Å²) in [6.45, 7) is 8.60. The third-order valence-corrected chi connectivity index (χ3v) is 3.08. The van der Waals surface area contributed by atoms with Crippen molar-refractivity contribution in [3.63, 3.8) is 0 Å². The molecular formula is C12H26O. The molecule has 3 atom stereocenters. The molecule has 13 heavy (non-hydrogen) atoms. The molecule has 0 saturated heterocycles. The van der Waals surface area contributed by atoms with Crippen LogP contribution in [0.2, 0.25) is 0 Å². The minimum atomic E-state index is -0.137. The Morgan fingerprint density at radius 3 is 2.08 bits per heavy atom. The van der Waals surface area contributed by atoms with Crippen molar-refractivity contribution in [3.05, 3.63) is 0 Å². The number of hydrogen-bond acceptors (Lipinski definition) is 1. The zero-order valence-electron chi connectivity index (χ0n) is 9.71. The maximum absolute atomic E-state index is 9.54. The van der Waals surface area contributed by atoms with E-state index in [2.05, 4.69) is 20.8 Å². The van der Waals surface area contributed by atoms with Crippen LogP contribution in [0, 0.1) is 11.8 Å². The normalized spacial score (nSPS) is 18.2. The van der Waals surface area contributed by atoms with Crippen LogP contribution in [0.15, 0.2) is 0 Å². The van der Waals surface area contributed by atoms with Gasteiger partial charge in [0.2, 0.25) is 0 Å². The molecular weight excluding hydrogens is 160 g/mol. The van der Waals surface area contributed by atoms with Crippen LogP contribution in [-0.4, -0.2) is 11.2 Å². The highest BCUT2D eigenvalue weighted by Gasteiger charge is 2.19. The largest absolute Gasteiger partial charge is 0.393 e. The molecule has 1 N–H and O–H groups in total. The van der Waals surface area contributed by atoms with Crippen molar-refractivity contribution in [2.24, 2.45) is 11.8 Å². The van der Waals surface area contributed by atoms with Crippen LogP contribution < -0.4 is 0 Å². The summed E-state index contributed by atoms with van der Waals surface area (Å²) in [5.41, 5.74) is 0. The molecule has 0 aliphatic heterocycles. The van der Waals surface area contributed by atoms with Gasteiger partial charge in [-0.15, -0.1) is 0 Å². The predicted octanol–water partition coefficient (Wildman–Crippen LogP) is 3.61. The van der Waals surface area contributed by atoms with Gasteiger partial charge in [-0.2, -0.15) is 0 Å². The van der Waals surface area contributed by atoms with Gasteiger partial charge in [0.05, 0.1) is 6.10 Å². The van der Waals surface area contributed by atoms with Crippen LogP contribution in [-0.2, 0) is 0 Å². The molecule has 0 amide bonds. The third-order valence-electron chi connectivity index (χ3n) is 3.08. The topological polar surface area (TPSA) is 20.2 Å². The Morgan fingerprint density at radius 1 is 1.08 bits per heavy atom. The van der Waals surface area contributed by atoms with Gasteiger partial charge < -0.3 is 5.11 Å². The van der Waals surface area contributed by atoms with Gasteiger partial charge in [0.15, 0.2) is 0 Å². The van der Waals surface area contributed by atoms with E-state index in [1.54, 1.807) is 0 Å². The van der Waals surface area contributed by atoms with Crippen molar-refractivity contribution in [1.29, 1.82) is 0 Å². The minimum Gasteiger partial charge on any atom is -0.393 e. The first-order chi connectivity index (χ1) is 6.13. The maximum atomic E-state index is 9.54. The molecule has 0 aliphatic carbocycles. The van der Waals surface area contributed by atoms with Crippen molar-refractivity contribution in [3.8, 4) is 0 Å². The van der Waals surface area contributed by atoms with Crippen molar-refractivity contribution in [1.82, 2.24) is 0 Å². The number of hydrogen-bond donors (Lipinski definition) is 1. The second kappa shape index (κ2) is 7.37. The highest BCUT2D eigenvalue weighted by molar-refractivity contribution is 4.69. The molecule has 0 bridgehead atoms. The molecule has 0 saturated carbocycles. The monoisotopic (exact) mass is 186 g/mol. The predicted molar refractivity (Wildman–Crippen MR) is 58.8 cm³/mol. The highest BCUT2D eigenvalue weighted by atomic mass is 16.3. The summed E-state index contributed by atoms with van der Waals surface area (Å²) >= 11 is 0. The Labute approximate surface area is 83.5 Å². The first kappa shape index (κ1) is 13.0. The molecule has 1 heteroatoms. The van der Waals surface area contributed by atoms with Gasteiger partial charge in [-0.25, -0.2) is 0 Å². The van der Waals surface area contributed by atoms with Crippen molar-refractivity contribution < 1.29 is 5.11 Å². The van der Waals surface area contributed by atoms with Gasteiger partial charge >= 0.3 is 0 Å². The summed E-state index contributed by atoms with van der Waals surface area (Å²) in [5, 5.41) is 9.54. The van der Waals surface area contributed by atoms with E-state index in [4.69, 9.17) is 0 Å². The van der Waals surface area contributed by atoms with Gasteiger partial charge in [-0.05, 0) is 18.8 Å². The van der Waals surface area contributed by atoms with Gasteiger partial charge in [-0.1, -0.05) is 52.9 Å². The molecule has 0 aliphatic rings. The van der Waals surface area contributed by atoms with Gasteiger partial charge in [0.25, 0.3) is 0 Å². The van der Waals surface area contributed by atoms with E-state index in [1.807, 2.05) is 6.92 Å². The Balaban J connectivity index is 3.70. The summed E-state index contributed by atoms with van der Waals surface area (Å²) in [4.78, 5) is 0. The molecule has 0 aromatic rings. The first-order valence-corrected chi connectivity index (χ1v) is 5.81. The zero-order valence-corrected chi connectivity index (χ0v) is 9.71. The molecule has 0 aromatic heterocycles. The smallest absolute Gasteiger partial charge is 0.0542 e. The number of unbranched alkanes of at least 4 members (excludes halogenated alkanes) is 2. The molecule has 0 aromatic carbocycles. The number of rotatable bonds is 7. The molecule has 0 spiro atoms. The van der Waals surface area contributed by atoms with E-state index in [9.17, 15) is 5.11 Å². The summed E-state index contributed by atoms with van der Waals surface area (Å²) in [7, 11) is 0. The van der Waals surface area contributed by atoms with Crippen molar-refractivity contribution in [2.75, 3.05) is 0 Å². The molecule has 3 unspecified atom stereocenters. The van der Waals surface area contributed by atoms with Crippen LogP contribution in [0.25, 0.3) is 0 Å². The fourth-order valence-corrected chi connectivity index (χ4v) is 2.15. The second-order valence-corrected chi connectivity index (χ2v) is 4.29. The quantitative estimate of drug-likeness (QED) is 0.602. The summed E-state index contributed by atoms with van der Waals surface area (Å²) < 4.78 is 0. The lowest BCUT2D eigenvalue weighted by atomic mass is 9.84. The summed E-state index contributed by atoms with van der Waals surface area (Å²) in [6, 6.07) is 0. The summed E-state index contributed by atoms with van der Waals surface area (Å²) in [6.07, 6.45) is 6.18. The zero-order chi connectivity index (χ0) is 10.3. The lowest BCUT2D eigenvalue weighted by Gasteiger charge is -2.25. The van der Waals surface area contributed by atoms with Crippen LogP contribution in [0.5, 0.6) is 0 Å². The average molecular weight is 186 g/mol. The third kappa shape index (κ3) is 5.30. The highest BCUT2D eigenvalue weighted by Crippen LogP contribution is 2.24. The number of aliphatic hydroxyl groups is 1. The molecule has 0 radical (unpaired) electrons. The van der Waals surface area contributed by atoms with Crippen LogP contribution in [0.3, 0.4) is 0 Å². The molecule has 80 valence electrons. The molecule has 0 rings (SSSR count). The minimum absolute atomic E-state index is 0.137. The Morgan fingerprint density at radius 2 is 1.69 bits per heavy atom. The van der Waals surface area contributed by atoms with E-state index in [1.165, 1.54) is 25.7 Å². The molecule has 0 heterocycles. The Bertz CT molecular complexity index is 110. The molecule has 1 nitrogen and oxygen atoms in total. The average Bonchev–Trinajstić information content (AvgIpc) is 2.05. The van der Waals surface area contributed by atoms with E-state index in [-0.39, 0.29) is 6.10 Å². The maximum Gasteiger partial charge on any atom is 0.0542 e. The van der Waals surface area contributed by atoms with Gasteiger partial charge in [0, 0.05) is 0 Å². The standard InChI is InChI=1S/C12H26O/c1-5-7-8-9-10(3)12(6-2)11(4)13/h10-13H,5-9H2,1-4H3. The molecule has 0 fully saturated rings.